The van der Waals surface area contributed by atoms with Gasteiger partial charge < -0.3 is 15.0 Å². The first-order valence-corrected chi connectivity index (χ1v) is 8.20. The van der Waals surface area contributed by atoms with Crippen molar-refractivity contribution in [3.63, 3.8) is 0 Å². The summed E-state index contributed by atoms with van der Waals surface area (Å²) in [5.74, 6) is 0.208. The largest absolute Gasteiger partial charge is 0.375 e. The van der Waals surface area contributed by atoms with Crippen LogP contribution in [0.3, 0.4) is 0 Å². The average Bonchev–Trinajstić information content (AvgIpc) is 2.48. The lowest BCUT2D eigenvalue weighted by molar-refractivity contribution is -0.134. The fourth-order valence-electron chi connectivity index (χ4n) is 3.15. The van der Waals surface area contributed by atoms with Crippen LogP contribution < -0.4 is 5.32 Å². The second-order valence-corrected chi connectivity index (χ2v) is 5.83. The first-order chi connectivity index (χ1) is 9.51. The van der Waals surface area contributed by atoms with Crippen LogP contribution in [0.2, 0.25) is 0 Å². The summed E-state index contributed by atoms with van der Waals surface area (Å²) in [5.41, 5.74) is 0.00782. The first-order valence-electron chi connectivity index (χ1n) is 8.20. The van der Waals surface area contributed by atoms with Crippen molar-refractivity contribution in [3.8, 4) is 0 Å². The van der Waals surface area contributed by atoms with Crippen molar-refractivity contribution in [3.05, 3.63) is 0 Å². The van der Waals surface area contributed by atoms with Crippen LogP contribution in [0.25, 0.3) is 0 Å². The molecular weight excluding hydrogens is 252 g/mol. The van der Waals surface area contributed by atoms with Crippen LogP contribution in [0, 0.1) is 0 Å². The molecule has 0 radical (unpaired) electrons. The Morgan fingerprint density at radius 3 is 2.40 bits per heavy atom. The SMILES string of the molecule is CCN(CC)C(=O)C(C)NC1CCOC(CC)(CC)C1. The standard InChI is InChI=1S/C16H32N2O2/c1-6-16(7-2)12-14(10-11-20-16)17-13(5)15(19)18(8-3)9-4/h13-14,17H,6-12H2,1-5H3. The van der Waals surface area contributed by atoms with E-state index >= 15 is 0 Å². The summed E-state index contributed by atoms with van der Waals surface area (Å²) in [6.45, 7) is 12.8. The van der Waals surface area contributed by atoms with Gasteiger partial charge in [0.05, 0.1) is 11.6 Å². The molecule has 4 nitrogen and oxygen atoms in total. The maximum Gasteiger partial charge on any atom is 0.239 e. The van der Waals surface area contributed by atoms with E-state index in [0.29, 0.717) is 6.04 Å². The molecule has 1 aliphatic rings. The zero-order chi connectivity index (χ0) is 15.2. The Balaban J connectivity index is 2.57. The average molecular weight is 284 g/mol. The Bertz CT molecular complexity index is 299. The van der Waals surface area contributed by atoms with E-state index in [9.17, 15) is 4.79 Å². The molecule has 0 bridgehead atoms. The first kappa shape index (κ1) is 17.4. The number of rotatable bonds is 7. The minimum absolute atomic E-state index is 0.00782. The minimum Gasteiger partial charge on any atom is -0.375 e. The van der Waals surface area contributed by atoms with Crippen LogP contribution in [0.15, 0.2) is 0 Å². The van der Waals surface area contributed by atoms with E-state index in [4.69, 9.17) is 4.74 Å². The number of likely N-dealkylation sites (N-methyl/N-ethyl adjacent to an activating group) is 1. The summed E-state index contributed by atoms with van der Waals surface area (Å²) in [6.07, 6.45) is 4.09. The molecule has 1 rings (SSSR count). The number of amides is 1. The normalized spacial score (nSPS) is 23.4. The molecule has 0 saturated carbocycles. The Labute approximate surface area is 124 Å². The van der Waals surface area contributed by atoms with Gasteiger partial charge >= 0.3 is 0 Å². The van der Waals surface area contributed by atoms with E-state index in [1.807, 2.05) is 25.7 Å². The van der Waals surface area contributed by atoms with Gasteiger partial charge in [-0.1, -0.05) is 13.8 Å². The molecule has 20 heavy (non-hydrogen) atoms. The second kappa shape index (κ2) is 7.99. The monoisotopic (exact) mass is 284 g/mol. The number of carbonyl (C=O) groups excluding carboxylic acids is 1. The highest BCUT2D eigenvalue weighted by Crippen LogP contribution is 2.31. The zero-order valence-corrected chi connectivity index (χ0v) is 13.9. The van der Waals surface area contributed by atoms with Gasteiger partial charge in [-0.05, 0) is 46.5 Å². The third-order valence-electron chi connectivity index (χ3n) is 4.71. The summed E-state index contributed by atoms with van der Waals surface area (Å²) in [7, 11) is 0. The van der Waals surface area contributed by atoms with Crippen LogP contribution in [0.4, 0.5) is 0 Å². The maximum atomic E-state index is 12.3. The Hall–Kier alpha value is -0.610. The number of hydrogen-bond donors (Lipinski definition) is 1. The number of ether oxygens (including phenoxy) is 1. The summed E-state index contributed by atoms with van der Waals surface area (Å²) in [5, 5.41) is 3.52. The van der Waals surface area contributed by atoms with Crippen LogP contribution in [0.1, 0.15) is 60.3 Å². The predicted molar refractivity (Wildman–Crippen MR) is 82.8 cm³/mol. The van der Waals surface area contributed by atoms with Crippen LogP contribution >= 0.6 is 0 Å². The fraction of sp³-hybridized carbons (Fsp3) is 0.938. The second-order valence-electron chi connectivity index (χ2n) is 5.83. The van der Waals surface area contributed by atoms with Crippen molar-refractivity contribution in [1.82, 2.24) is 10.2 Å². The van der Waals surface area contributed by atoms with Crippen LogP contribution in [-0.2, 0) is 9.53 Å². The molecule has 2 atom stereocenters. The molecule has 2 unspecified atom stereocenters. The van der Waals surface area contributed by atoms with Gasteiger partial charge in [0.15, 0.2) is 0 Å². The topological polar surface area (TPSA) is 41.6 Å². The number of hydrogen-bond acceptors (Lipinski definition) is 3. The molecule has 1 fully saturated rings. The van der Waals surface area contributed by atoms with E-state index in [2.05, 4.69) is 19.2 Å². The molecule has 1 N–H and O–H groups in total. The van der Waals surface area contributed by atoms with Gasteiger partial charge in [-0.3, -0.25) is 4.79 Å². The van der Waals surface area contributed by atoms with Crippen molar-refractivity contribution in [2.24, 2.45) is 0 Å². The summed E-state index contributed by atoms with van der Waals surface area (Å²) in [4.78, 5) is 14.2. The molecule has 1 heterocycles. The fourth-order valence-corrected chi connectivity index (χ4v) is 3.15. The quantitative estimate of drug-likeness (QED) is 0.781. The van der Waals surface area contributed by atoms with Gasteiger partial charge in [0.2, 0.25) is 5.91 Å². The van der Waals surface area contributed by atoms with Gasteiger partial charge in [0.25, 0.3) is 0 Å². The molecule has 0 spiro atoms. The summed E-state index contributed by atoms with van der Waals surface area (Å²) >= 11 is 0. The van der Waals surface area contributed by atoms with E-state index in [1.54, 1.807) is 0 Å². The van der Waals surface area contributed by atoms with E-state index < -0.39 is 0 Å². The molecule has 4 heteroatoms. The molecule has 1 aliphatic heterocycles. The van der Waals surface area contributed by atoms with E-state index in [0.717, 1.165) is 45.4 Å². The number of carbonyl (C=O) groups is 1. The molecule has 0 aromatic carbocycles. The Kier molecular flexibility index (Phi) is 6.96. The Morgan fingerprint density at radius 2 is 1.90 bits per heavy atom. The molecule has 0 aliphatic carbocycles. The van der Waals surface area contributed by atoms with Crippen molar-refractivity contribution in [2.45, 2.75) is 78.0 Å². The lowest BCUT2D eigenvalue weighted by Gasteiger charge is -2.41. The Morgan fingerprint density at radius 1 is 1.30 bits per heavy atom. The van der Waals surface area contributed by atoms with Gasteiger partial charge in [-0.15, -0.1) is 0 Å². The summed E-state index contributed by atoms with van der Waals surface area (Å²) < 4.78 is 5.99. The number of nitrogens with zero attached hydrogens (tertiary/aromatic N) is 1. The van der Waals surface area contributed by atoms with Crippen LogP contribution in [0.5, 0.6) is 0 Å². The highest BCUT2D eigenvalue weighted by molar-refractivity contribution is 5.81. The number of nitrogens with one attached hydrogen (secondary N) is 1. The predicted octanol–water partition coefficient (Wildman–Crippen LogP) is 2.57. The molecular formula is C16H32N2O2. The third-order valence-corrected chi connectivity index (χ3v) is 4.71. The van der Waals surface area contributed by atoms with Crippen molar-refractivity contribution >= 4 is 5.91 Å². The maximum absolute atomic E-state index is 12.3. The van der Waals surface area contributed by atoms with Crippen LogP contribution in [-0.4, -0.2) is 48.2 Å². The van der Waals surface area contributed by atoms with Crippen molar-refractivity contribution in [2.75, 3.05) is 19.7 Å². The smallest absolute Gasteiger partial charge is 0.239 e. The lowest BCUT2D eigenvalue weighted by Crippen LogP contribution is -2.53. The lowest BCUT2D eigenvalue weighted by atomic mass is 9.85. The van der Waals surface area contributed by atoms with Crippen molar-refractivity contribution in [1.29, 1.82) is 0 Å². The van der Waals surface area contributed by atoms with Gasteiger partial charge in [0, 0.05) is 25.7 Å². The minimum atomic E-state index is -0.107. The van der Waals surface area contributed by atoms with E-state index in [-0.39, 0.29) is 17.6 Å². The highest BCUT2D eigenvalue weighted by atomic mass is 16.5. The summed E-state index contributed by atoms with van der Waals surface area (Å²) in [6, 6.07) is 0.280. The molecule has 0 aromatic heterocycles. The van der Waals surface area contributed by atoms with E-state index in [1.165, 1.54) is 0 Å². The molecule has 1 amide bonds. The van der Waals surface area contributed by atoms with Gasteiger partial charge in [-0.25, -0.2) is 0 Å². The van der Waals surface area contributed by atoms with Crippen molar-refractivity contribution < 1.29 is 9.53 Å². The molecule has 118 valence electrons. The van der Waals surface area contributed by atoms with Gasteiger partial charge in [-0.2, -0.15) is 0 Å². The molecule has 0 aromatic rings. The third kappa shape index (κ3) is 4.19. The van der Waals surface area contributed by atoms with Gasteiger partial charge in [0.1, 0.15) is 0 Å². The highest BCUT2D eigenvalue weighted by Gasteiger charge is 2.35. The zero-order valence-electron chi connectivity index (χ0n) is 13.9. The molecule has 1 saturated heterocycles.